The number of piperidine rings is 1. The van der Waals surface area contributed by atoms with Crippen LogP contribution in [0, 0.1) is 5.41 Å². The number of imide groups is 1. The highest BCUT2D eigenvalue weighted by Crippen LogP contribution is 2.45. The molecule has 0 saturated carbocycles. The number of nitrogens with zero attached hydrogens (tertiary/aromatic N) is 2. The molecule has 0 bridgehead atoms. The molecule has 0 N–H and O–H groups in total. The van der Waals surface area contributed by atoms with Crippen LogP contribution in [0.15, 0.2) is 72.8 Å². The van der Waals surface area contributed by atoms with E-state index in [1.807, 2.05) is 24.3 Å². The van der Waals surface area contributed by atoms with Gasteiger partial charge in [-0.15, -0.1) is 0 Å². The van der Waals surface area contributed by atoms with Crippen LogP contribution in [0.2, 0.25) is 0 Å². The van der Waals surface area contributed by atoms with Gasteiger partial charge in [0.2, 0.25) is 0 Å². The zero-order valence-corrected chi connectivity index (χ0v) is 22.7. The molecule has 0 unspecified atom stereocenters. The first-order valence-electron chi connectivity index (χ1n) is 13.7. The highest BCUT2D eigenvalue weighted by Gasteiger charge is 2.47. The lowest BCUT2D eigenvalue weighted by Crippen LogP contribution is -2.49. The van der Waals surface area contributed by atoms with E-state index >= 15 is 0 Å². The predicted octanol–water partition coefficient (Wildman–Crippen LogP) is 4.81. The number of ether oxygens (including phenoxy) is 2. The lowest BCUT2D eigenvalue weighted by molar-refractivity contribution is -0.185. The molecule has 41 heavy (non-hydrogen) atoms. The Morgan fingerprint density at radius 2 is 1.32 bits per heavy atom. The number of rotatable bonds is 7. The molecule has 9 heteroatoms. The van der Waals surface area contributed by atoms with Crippen molar-refractivity contribution < 1.29 is 33.5 Å². The largest absolute Gasteiger partial charge is 0.448 e. The third-order valence-corrected chi connectivity index (χ3v) is 8.46. The zero-order chi connectivity index (χ0) is 28.6. The molecule has 0 aromatic heterocycles. The third kappa shape index (κ3) is 4.66. The van der Waals surface area contributed by atoms with Gasteiger partial charge in [-0.2, -0.15) is 0 Å². The van der Waals surface area contributed by atoms with Crippen LogP contribution in [0.25, 0.3) is 11.1 Å². The van der Waals surface area contributed by atoms with Crippen LogP contribution in [-0.4, -0.2) is 67.3 Å². The number of carbonyl (C=O) groups excluding carboxylic acids is 4. The molecule has 9 nitrogen and oxygen atoms in total. The first-order valence-corrected chi connectivity index (χ1v) is 13.7. The van der Waals surface area contributed by atoms with Crippen LogP contribution < -0.4 is 0 Å². The van der Waals surface area contributed by atoms with Crippen molar-refractivity contribution in [2.75, 3.05) is 33.4 Å². The maximum absolute atomic E-state index is 13.5. The second-order valence-corrected chi connectivity index (χ2v) is 10.6. The molecule has 0 radical (unpaired) electrons. The Balaban J connectivity index is 1.10. The topological polar surface area (TPSA) is 102 Å². The Morgan fingerprint density at radius 3 is 1.85 bits per heavy atom. The quantitative estimate of drug-likeness (QED) is 0.386. The second-order valence-electron chi connectivity index (χ2n) is 10.6. The molecule has 0 spiro atoms. The standard InChI is InChI=1S/C32H30N2O7/c1-39-19-16-32(30(37)41-34-28(35)25-12-6-7-13-26(25)29(34)36)14-17-33(18-15-32)31(38)40-20-27-23-10-4-2-8-21(23)22-9-3-5-11-24(22)27/h2-13,27H,14-20H2,1H3. The van der Waals surface area contributed by atoms with Crippen molar-refractivity contribution in [3.63, 3.8) is 0 Å². The molecule has 3 aliphatic rings. The lowest BCUT2D eigenvalue weighted by atomic mass is 9.76. The Bertz CT molecular complexity index is 1450. The van der Waals surface area contributed by atoms with Gasteiger partial charge >= 0.3 is 12.1 Å². The maximum atomic E-state index is 13.5. The molecule has 3 aromatic rings. The van der Waals surface area contributed by atoms with Crippen LogP contribution >= 0.6 is 0 Å². The van der Waals surface area contributed by atoms with E-state index in [0.717, 1.165) is 22.3 Å². The van der Waals surface area contributed by atoms with Gasteiger partial charge in [-0.05, 0) is 53.6 Å². The number of hydroxylamine groups is 2. The summed E-state index contributed by atoms with van der Waals surface area (Å²) in [4.78, 5) is 59.1. The summed E-state index contributed by atoms with van der Waals surface area (Å²) < 4.78 is 11.1. The van der Waals surface area contributed by atoms with E-state index in [9.17, 15) is 19.2 Å². The summed E-state index contributed by atoms with van der Waals surface area (Å²) in [6.07, 6.45) is 0.440. The van der Waals surface area contributed by atoms with E-state index in [4.69, 9.17) is 14.3 Å². The monoisotopic (exact) mass is 554 g/mol. The molecule has 6 rings (SSSR count). The summed E-state index contributed by atoms with van der Waals surface area (Å²) >= 11 is 0. The molecule has 1 aliphatic carbocycles. The van der Waals surface area contributed by atoms with Crippen LogP contribution in [0.5, 0.6) is 0 Å². The van der Waals surface area contributed by atoms with Crippen molar-refractivity contribution in [3.8, 4) is 11.1 Å². The third-order valence-electron chi connectivity index (χ3n) is 8.46. The molecule has 1 fully saturated rings. The number of fused-ring (bicyclic) bond motifs is 4. The van der Waals surface area contributed by atoms with Crippen molar-refractivity contribution >= 4 is 23.9 Å². The van der Waals surface area contributed by atoms with Crippen molar-refractivity contribution in [1.29, 1.82) is 0 Å². The summed E-state index contributed by atoms with van der Waals surface area (Å²) in [5, 5.41) is 0.541. The van der Waals surface area contributed by atoms with Gasteiger partial charge in [0.1, 0.15) is 6.61 Å². The highest BCUT2D eigenvalue weighted by atomic mass is 16.7. The number of benzene rings is 3. The molecule has 1 saturated heterocycles. The molecule has 2 heterocycles. The number of amides is 3. The zero-order valence-electron chi connectivity index (χ0n) is 22.7. The van der Waals surface area contributed by atoms with Crippen LogP contribution in [0.1, 0.15) is 57.0 Å². The second kappa shape index (κ2) is 10.8. The summed E-state index contributed by atoms with van der Waals surface area (Å²) in [6.45, 7) is 1.01. The average Bonchev–Trinajstić information content (AvgIpc) is 3.46. The normalized spacial score (nSPS) is 17.2. The summed E-state index contributed by atoms with van der Waals surface area (Å²) in [5.41, 5.74) is 3.95. The number of hydrogen-bond acceptors (Lipinski definition) is 7. The number of methoxy groups -OCH3 is 1. The van der Waals surface area contributed by atoms with Crippen molar-refractivity contribution in [2.45, 2.75) is 25.2 Å². The van der Waals surface area contributed by atoms with E-state index in [-0.39, 0.29) is 56.2 Å². The summed E-state index contributed by atoms with van der Waals surface area (Å²) in [6, 6.07) is 22.6. The van der Waals surface area contributed by atoms with Crippen molar-refractivity contribution in [1.82, 2.24) is 9.96 Å². The van der Waals surface area contributed by atoms with Crippen molar-refractivity contribution in [2.24, 2.45) is 5.41 Å². The van der Waals surface area contributed by atoms with E-state index in [1.54, 1.807) is 17.0 Å². The van der Waals surface area contributed by atoms with Gasteiger partial charge in [-0.3, -0.25) is 9.59 Å². The summed E-state index contributed by atoms with van der Waals surface area (Å²) in [5.74, 6) is -2.07. The number of hydrogen-bond donors (Lipinski definition) is 0. The fourth-order valence-electron chi connectivity index (χ4n) is 6.09. The van der Waals surface area contributed by atoms with Crippen LogP contribution in [0.3, 0.4) is 0 Å². The molecule has 3 amide bonds. The molecule has 0 atom stereocenters. The predicted molar refractivity (Wildman–Crippen MR) is 148 cm³/mol. The number of likely N-dealkylation sites (tertiary alicyclic amines) is 1. The Morgan fingerprint density at radius 1 is 0.805 bits per heavy atom. The smallest absolute Gasteiger partial charge is 0.409 e. The lowest BCUT2D eigenvalue weighted by Gasteiger charge is -2.39. The minimum atomic E-state index is -1.02. The van der Waals surface area contributed by atoms with Gasteiger partial charge in [0.15, 0.2) is 0 Å². The Kier molecular flexibility index (Phi) is 7.05. The van der Waals surface area contributed by atoms with E-state index < -0.39 is 29.3 Å². The van der Waals surface area contributed by atoms with Gasteiger partial charge < -0.3 is 19.2 Å². The minimum absolute atomic E-state index is 0.0495. The van der Waals surface area contributed by atoms with Gasteiger partial charge in [0.25, 0.3) is 11.8 Å². The van der Waals surface area contributed by atoms with Gasteiger partial charge in [-0.1, -0.05) is 65.7 Å². The molecule has 3 aromatic carbocycles. The maximum Gasteiger partial charge on any atom is 0.409 e. The molecular formula is C32H30N2O7. The fraction of sp³-hybridized carbons (Fsp3) is 0.312. The Labute approximate surface area is 237 Å². The van der Waals surface area contributed by atoms with Crippen molar-refractivity contribution in [3.05, 3.63) is 95.1 Å². The highest BCUT2D eigenvalue weighted by molar-refractivity contribution is 6.20. The summed E-state index contributed by atoms with van der Waals surface area (Å²) in [7, 11) is 1.54. The first kappa shape index (κ1) is 26.7. The van der Waals surface area contributed by atoms with Gasteiger partial charge in [0.05, 0.1) is 16.5 Å². The van der Waals surface area contributed by atoms with Gasteiger partial charge in [0, 0.05) is 32.7 Å². The molecule has 2 aliphatic heterocycles. The van der Waals surface area contributed by atoms with Crippen LogP contribution in [0.4, 0.5) is 4.79 Å². The van der Waals surface area contributed by atoms with E-state index in [2.05, 4.69) is 24.3 Å². The average molecular weight is 555 g/mol. The van der Waals surface area contributed by atoms with Crippen LogP contribution in [-0.2, 0) is 19.1 Å². The minimum Gasteiger partial charge on any atom is -0.448 e. The van der Waals surface area contributed by atoms with E-state index in [0.29, 0.717) is 11.5 Å². The Hall–Kier alpha value is -4.50. The van der Waals surface area contributed by atoms with E-state index in [1.165, 1.54) is 19.2 Å². The SMILES string of the molecule is COCCC1(C(=O)ON2C(=O)c3ccccc3C2=O)CCN(C(=O)OCC2c3ccccc3-c3ccccc32)CC1. The fourth-order valence-corrected chi connectivity index (χ4v) is 6.09. The van der Waals surface area contributed by atoms with Gasteiger partial charge in [-0.25, -0.2) is 9.59 Å². The number of carbonyl (C=O) groups is 4. The molecular weight excluding hydrogens is 524 g/mol. The first-order chi connectivity index (χ1) is 19.9. The molecule has 210 valence electrons.